The summed E-state index contributed by atoms with van der Waals surface area (Å²) in [5.41, 5.74) is 7.43. The van der Waals surface area contributed by atoms with Gasteiger partial charge in [-0.3, -0.25) is 4.79 Å². The van der Waals surface area contributed by atoms with Crippen LogP contribution >= 0.6 is 0 Å². The fraction of sp³-hybridized carbons (Fsp3) is 0.500. The first kappa shape index (κ1) is 13.8. The molecule has 5 nitrogen and oxygen atoms in total. The quantitative estimate of drug-likeness (QED) is 0.890. The number of carbonyl (C=O) groups excluding carboxylic acids is 1. The molecule has 0 saturated carbocycles. The Balaban J connectivity index is 2.34. The van der Waals surface area contributed by atoms with E-state index in [1.165, 1.54) is 7.11 Å². The maximum Gasteiger partial charge on any atom is 0.253 e. The van der Waals surface area contributed by atoms with Crippen molar-refractivity contribution in [2.75, 3.05) is 25.2 Å². The average molecular weight is 264 g/mol. The molecule has 1 aliphatic heterocycles. The number of carbonyl (C=O) groups is 1. The van der Waals surface area contributed by atoms with Crippen molar-refractivity contribution in [3.63, 3.8) is 0 Å². The van der Waals surface area contributed by atoms with E-state index in [0.29, 0.717) is 13.1 Å². The molecule has 1 unspecified atom stereocenters. The van der Waals surface area contributed by atoms with Crippen LogP contribution in [0.3, 0.4) is 0 Å². The van der Waals surface area contributed by atoms with Crippen LogP contribution in [0, 0.1) is 0 Å². The number of rotatable bonds is 4. The molecule has 0 aromatic heterocycles. The molecule has 0 bridgehead atoms. The van der Waals surface area contributed by atoms with Crippen LogP contribution in [-0.4, -0.2) is 32.3 Å². The molecule has 2 N–H and O–H groups in total. The maximum atomic E-state index is 12.1. The third-order valence-corrected chi connectivity index (χ3v) is 3.25. The molecule has 2 rings (SSSR count). The van der Waals surface area contributed by atoms with E-state index in [9.17, 15) is 4.79 Å². The first-order valence-electron chi connectivity index (χ1n) is 6.48. The number of ether oxygens (including phenoxy) is 2. The number of methoxy groups -OCH3 is 1. The average Bonchev–Trinajstić information content (AvgIpc) is 2.45. The number of nitrogens with two attached hydrogens (primary N) is 1. The van der Waals surface area contributed by atoms with Crippen molar-refractivity contribution in [2.24, 2.45) is 5.73 Å². The summed E-state index contributed by atoms with van der Waals surface area (Å²) in [7, 11) is 1.52. The fourth-order valence-corrected chi connectivity index (χ4v) is 2.17. The molecule has 0 spiro atoms. The molecule has 0 fully saturated rings. The Labute approximate surface area is 113 Å². The summed E-state index contributed by atoms with van der Waals surface area (Å²) in [5.74, 6) is 0.677. The molecule has 1 aromatic rings. The third kappa shape index (κ3) is 2.88. The van der Waals surface area contributed by atoms with Crippen LogP contribution in [0.5, 0.6) is 5.75 Å². The van der Waals surface area contributed by atoms with Crippen LogP contribution in [0.1, 0.15) is 18.9 Å². The Morgan fingerprint density at radius 3 is 3.00 bits per heavy atom. The second-order valence-electron chi connectivity index (χ2n) is 4.59. The minimum absolute atomic E-state index is 0.0151. The lowest BCUT2D eigenvalue weighted by molar-refractivity contribution is -0.122. The molecule has 1 heterocycles. The number of fused-ring (bicyclic) bond motifs is 1. The van der Waals surface area contributed by atoms with Gasteiger partial charge in [0.1, 0.15) is 18.5 Å². The number of anilines is 1. The van der Waals surface area contributed by atoms with Gasteiger partial charge in [0.2, 0.25) is 0 Å². The highest BCUT2D eigenvalue weighted by Crippen LogP contribution is 2.35. The minimum atomic E-state index is -0.0500. The van der Waals surface area contributed by atoms with Gasteiger partial charge >= 0.3 is 0 Å². The van der Waals surface area contributed by atoms with Gasteiger partial charge in [0.25, 0.3) is 5.91 Å². The smallest absolute Gasteiger partial charge is 0.253 e. The van der Waals surface area contributed by atoms with Gasteiger partial charge in [0.15, 0.2) is 0 Å². The van der Waals surface area contributed by atoms with Crippen molar-refractivity contribution in [3.8, 4) is 5.75 Å². The van der Waals surface area contributed by atoms with Crippen molar-refractivity contribution < 1.29 is 14.3 Å². The van der Waals surface area contributed by atoms with Crippen molar-refractivity contribution >= 4 is 11.6 Å². The number of amides is 1. The van der Waals surface area contributed by atoms with Crippen molar-refractivity contribution in [3.05, 3.63) is 23.8 Å². The van der Waals surface area contributed by atoms with Crippen LogP contribution in [0.4, 0.5) is 5.69 Å². The van der Waals surface area contributed by atoms with Crippen LogP contribution in [-0.2, 0) is 16.1 Å². The summed E-state index contributed by atoms with van der Waals surface area (Å²) in [6.45, 7) is 3.14. The lowest BCUT2D eigenvalue weighted by atomic mass is 10.1. The minimum Gasteiger partial charge on any atom is -0.486 e. The van der Waals surface area contributed by atoms with Crippen molar-refractivity contribution in [1.82, 2.24) is 0 Å². The number of nitrogens with zero attached hydrogens (tertiary/aromatic N) is 1. The van der Waals surface area contributed by atoms with E-state index in [2.05, 4.69) is 0 Å². The molecule has 0 saturated heterocycles. The lowest BCUT2D eigenvalue weighted by Crippen LogP contribution is -2.44. The molecular formula is C14H20N2O3. The van der Waals surface area contributed by atoms with Crippen molar-refractivity contribution in [1.29, 1.82) is 0 Å². The summed E-state index contributed by atoms with van der Waals surface area (Å²) in [6, 6.07) is 5.71. The van der Waals surface area contributed by atoms with Gasteiger partial charge in [0, 0.05) is 13.7 Å². The Morgan fingerprint density at radius 1 is 1.58 bits per heavy atom. The zero-order chi connectivity index (χ0) is 13.8. The van der Waals surface area contributed by atoms with E-state index in [4.69, 9.17) is 15.2 Å². The molecule has 0 aliphatic carbocycles. The van der Waals surface area contributed by atoms with E-state index in [0.717, 1.165) is 23.4 Å². The standard InChI is InChI=1S/C14H20N2O3/c1-3-11-8-16(14(17)9-18-2)12-5-4-10(7-15)6-13(12)19-11/h4-6,11H,3,7-9,15H2,1-2H3. The molecule has 5 heteroatoms. The van der Waals surface area contributed by atoms with Crippen molar-refractivity contribution in [2.45, 2.75) is 26.0 Å². The zero-order valence-electron chi connectivity index (χ0n) is 11.4. The van der Waals surface area contributed by atoms with E-state index in [1.54, 1.807) is 4.90 Å². The molecule has 19 heavy (non-hydrogen) atoms. The van der Waals surface area contributed by atoms with Gasteiger partial charge in [-0.05, 0) is 24.1 Å². The largest absolute Gasteiger partial charge is 0.486 e. The van der Waals surface area contributed by atoms with Crippen LogP contribution in [0.15, 0.2) is 18.2 Å². The highest BCUT2D eigenvalue weighted by atomic mass is 16.5. The molecular weight excluding hydrogens is 244 g/mol. The Bertz CT molecular complexity index is 462. The molecule has 1 amide bonds. The van der Waals surface area contributed by atoms with Gasteiger partial charge in [-0.2, -0.15) is 0 Å². The first-order chi connectivity index (χ1) is 9.19. The summed E-state index contributed by atoms with van der Waals surface area (Å²) in [5, 5.41) is 0. The van der Waals surface area contributed by atoms with Gasteiger partial charge < -0.3 is 20.1 Å². The molecule has 1 atom stereocenters. The topological polar surface area (TPSA) is 64.8 Å². The van der Waals surface area contributed by atoms with E-state index in [1.807, 2.05) is 25.1 Å². The van der Waals surface area contributed by atoms with Gasteiger partial charge in [-0.1, -0.05) is 13.0 Å². The summed E-state index contributed by atoms with van der Waals surface area (Å²) in [6.07, 6.45) is 0.865. The Kier molecular flexibility index (Phi) is 4.39. The van der Waals surface area contributed by atoms with Crippen LogP contribution < -0.4 is 15.4 Å². The summed E-state index contributed by atoms with van der Waals surface area (Å²) >= 11 is 0. The highest BCUT2D eigenvalue weighted by Gasteiger charge is 2.28. The Morgan fingerprint density at radius 2 is 2.37 bits per heavy atom. The van der Waals surface area contributed by atoms with Gasteiger partial charge in [-0.15, -0.1) is 0 Å². The summed E-state index contributed by atoms with van der Waals surface area (Å²) < 4.78 is 10.8. The molecule has 1 aromatic carbocycles. The van der Waals surface area contributed by atoms with E-state index in [-0.39, 0.29) is 18.6 Å². The Hall–Kier alpha value is -1.59. The number of hydrogen-bond acceptors (Lipinski definition) is 4. The zero-order valence-corrected chi connectivity index (χ0v) is 11.4. The normalized spacial score (nSPS) is 17.8. The SMILES string of the molecule is CCC1CN(C(=O)COC)c2ccc(CN)cc2O1. The van der Waals surface area contributed by atoms with E-state index >= 15 is 0 Å². The predicted octanol–water partition coefficient (Wildman–Crippen LogP) is 1.30. The lowest BCUT2D eigenvalue weighted by Gasteiger charge is -2.34. The summed E-state index contributed by atoms with van der Waals surface area (Å²) in [4.78, 5) is 13.8. The monoisotopic (exact) mass is 264 g/mol. The second kappa shape index (κ2) is 6.04. The number of hydrogen-bond donors (Lipinski definition) is 1. The third-order valence-electron chi connectivity index (χ3n) is 3.25. The highest BCUT2D eigenvalue weighted by molar-refractivity contribution is 5.96. The molecule has 104 valence electrons. The molecule has 0 radical (unpaired) electrons. The van der Waals surface area contributed by atoms with Gasteiger partial charge in [-0.25, -0.2) is 0 Å². The molecule has 1 aliphatic rings. The number of benzene rings is 1. The fourth-order valence-electron chi connectivity index (χ4n) is 2.17. The van der Waals surface area contributed by atoms with Crippen LogP contribution in [0.2, 0.25) is 0 Å². The maximum absolute atomic E-state index is 12.1. The van der Waals surface area contributed by atoms with Gasteiger partial charge in [0.05, 0.1) is 12.2 Å². The predicted molar refractivity (Wildman–Crippen MR) is 73.3 cm³/mol. The second-order valence-corrected chi connectivity index (χ2v) is 4.59. The first-order valence-corrected chi connectivity index (χ1v) is 6.48. The van der Waals surface area contributed by atoms with E-state index < -0.39 is 0 Å². The van der Waals surface area contributed by atoms with Crippen LogP contribution in [0.25, 0.3) is 0 Å².